The number of ether oxygens (including phenoxy) is 2. The monoisotopic (exact) mass is 602 g/mol. The number of hydrogen-bond donors (Lipinski definition) is 3. The van der Waals surface area contributed by atoms with Crippen LogP contribution in [0.15, 0.2) is 133 Å². The molecule has 5 aromatic rings. The van der Waals surface area contributed by atoms with Crippen LogP contribution in [0.25, 0.3) is 5.88 Å². The first-order chi connectivity index (χ1) is 22.1. The Balaban J connectivity index is 1.18. The fourth-order valence-electron chi connectivity index (χ4n) is 6.23. The van der Waals surface area contributed by atoms with E-state index >= 15 is 0 Å². The van der Waals surface area contributed by atoms with Gasteiger partial charge in [0.2, 0.25) is 5.88 Å². The van der Waals surface area contributed by atoms with Crippen LogP contribution in [0.5, 0.6) is 0 Å². The van der Waals surface area contributed by atoms with E-state index in [0.717, 1.165) is 22.3 Å². The first-order valence-corrected chi connectivity index (χ1v) is 15.0. The summed E-state index contributed by atoms with van der Waals surface area (Å²) in [7, 11) is 0. The van der Waals surface area contributed by atoms with Gasteiger partial charge >= 0.3 is 0 Å². The molecule has 2 aliphatic heterocycles. The van der Waals surface area contributed by atoms with Crippen LogP contribution in [-0.4, -0.2) is 61.4 Å². The van der Waals surface area contributed by atoms with Crippen molar-refractivity contribution in [3.05, 3.63) is 161 Å². The molecular formula is C36H34N4O5. The van der Waals surface area contributed by atoms with Crippen molar-refractivity contribution in [2.24, 2.45) is 4.99 Å². The number of aromatic nitrogens is 2. The molecule has 0 radical (unpaired) electrons. The van der Waals surface area contributed by atoms with Crippen molar-refractivity contribution in [3.8, 4) is 0 Å². The number of rotatable bonds is 9. The summed E-state index contributed by atoms with van der Waals surface area (Å²) in [6.07, 6.45) is -2.90. The number of nitrogens with zero attached hydrogens (tertiary/aromatic N) is 4. The molecule has 4 atom stereocenters. The van der Waals surface area contributed by atoms with Gasteiger partial charge < -0.3 is 29.7 Å². The molecular weight excluding hydrogens is 568 g/mol. The molecule has 0 spiro atoms. The molecule has 3 heterocycles. The van der Waals surface area contributed by atoms with Crippen LogP contribution in [0.4, 0.5) is 0 Å². The van der Waals surface area contributed by atoms with Crippen LogP contribution >= 0.6 is 0 Å². The zero-order valence-electron chi connectivity index (χ0n) is 24.5. The van der Waals surface area contributed by atoms with Crippen molar-refractivity contribution in [2.75, 3.05) is 13.3 Å². The Morgan fingerprint density at radius 1 is 0.756 bits per heavy atom. The van der Waals surface area contributed by atoms with Crippen molar-refractivity contribution >= 4 is 5.88 Å². The molecule has 0 aliphatic carbocycles. The number of imidazole rings is 1. The summed E-state index contributed by atoms with van der Waals surface area (Å²) in [5.74, 6) is -0.00566. The second-order valence-corrected chi connectivity index (χ2v) is 11.3. The molecule has 45 heavy (non-hydrogen) atoms. The number of aliphatic hydroxyl groups excluding tert-OH is 3. The van der Waals surface area contributed by atoms with E-state index in [0.29, 0.717) is 17.4 Å². The molecule has 0 saturated carbocycles. The minimum absolute atomic E-state index is 0.00566. The molecule has 228 valence electrons. The van der Waals surface area contributed by atoms with Crippen LogP contribution in [0.2, 0.25) is 0 Å². The van der Waals surface area contributed by atoms with Crippen molar-refractivity contribution in [1.29, 1.82) is 0 Å². The van der Waals surface area contributed by atoms with Gasteiger partial charge in [-0.1, -0.05) is 121 Å². The maximum Gasteiger partial charge on any atom is 0.219 e. The molecule has 2 aliphatic rings. The third-order valence-corrected chi connectivity index (χ3v) is 8.50. The fourth-order valence-corrected chi connectivity index (χ4v) is 6.23. The first-order valence-electron chi connectivity index (χ1n) is 15.0. The molecule has 0 amide bonds. The number of benzene rings is 4. The van der Waals surface area contributed by atoms with E-state index in [4.69, 9.17) is 9.47 Å². The van der Waals surface area contributed by atoms with Crippen molar-refractivity contribution in [3.63, 3.8) is 0 Å². The van der Waals surface area contributed by atoms with Crippen LogP contribution in [0.3, 0.4) is 0 Å². The summed E-state index contributed by atoms with van der Waals surface area (Å²) in [6.45, 7) is 0.643. The molecule has 1 fully saturated rings. The van der Waals surface area contributed by atoms with E-state index in [1.54, 1.807) is 9.47 Å². The SMILES string of the molecule is OC1=c2ncn([C@@H]3O[C@H](COC(c4ccccc4)(c4ccccc4)c4ccccc4)[C@@H](O)[C@H]3O)c2=NCN1Cc1ccccc1. The van der Waals surface area contributed by atoms with Gasteiger partial charge in [0.25, 0.3) is 0 Å². The average Bonchev–Trinajstić information content (AvgIpc) is 3.65. The molecule has 4 aromatic carbocycles. The molecule has 1 saturated heterocycles. The van der Waals surface area contributed by atoms with Gasteiger partial charge in [-0.05, 0) is 22.3 Å². The Kier molecular flexibility index (Phi) is 7.91. The molecule has 9 heteroatoms. The highest BCUT2D eigenvalue weighted by atomic mass is 16.6. The Labute approximate surface area is 260 Å². The highest BCUT2D eigenvalue weighted by Crippen LogP contribution is 2.41. The molecule has 0 bridgehead atoms. The highest BCUT2D eigenvalue weighted by Gasteiger charge is 2.46. The third-order valence-electron chi connectivity index (χ3n) is 8.50. The smallest absolute Gasteiger partial charge is 0.219 e. The minimum Gasteiger partial charge on any atom is -0.493 e. The second kappa shape index (κ2) is 12.3. The number of hydrogen-bond acceptors (Lipinski definition) is 8. The van der Waals surface area contributed by atoms with Crippen LogP contribution in [0, 0.1) is 0 Å². The Hall–Kier alpha value is -4.80. The molecule has 3 N–H and O–H groups in total. The van der Waals surface area contributed by atoms with Crippen molar-refractivity contribution in [1.82, 2.24) is 14.5 Å². The number of fused-ring (bicyclic) bond motifs is 1. The normalized spacial score (nSPS) is 21.4. The summed E-state index contributed by atoms with van der Waals surface area (Å²) in [5.41, 5.74) is 3.14. The van der Waals surface area contributed by atoms with Crippen LogP contribution in [-0.2, 0) is 21.6 Å². The maximum atomic E-state index is 11.2. The van der Waals surface area contributed by atoms with Gasteiger partial charge in [0.1, 0.15) is 30.6 Å². The van der Waals surface area contributed by atoms with E-state index < -0.39 is 30.1 Å². The van der Waals surface area contributed by atoms with E-state index in [1.165, 1.54) is 6.33 Å². The third kappa shape index (κ3) is 5.30. The van der Waals surface area contributed by atoms with E-state index in [-0.39, 0.29) is 19.2 Å². The summed E-state index contributed by atoms with van der Waals surface area (Å²) >= 11 is 0. The fraction of sp³-hybridized carbons (Fsp3) is 0.222. The largest absolute Gasteiger partial charge is 0.493 e. The second-order valence-electron chi connectivity index (χ2n) is 11.3. The van der Waals surface area contributed by atoms with Gasteiger partial charge in [-0.25, -0.2) is 9.98 Å². The van der Waals surface area contributed by atoms with Gasteiger partial charge in [-0.15, -0.1) is 0 Å². The lowest BCUT2D eigenvalue weighted by atomic mass is 9.80. The Morgan fingerprint density at radius 3 is 1.84 bits per heavy atom. The quantitative estimate of drug-likeness (QED) is 0.222. The van der Waals surface area contributed by atoms with Gasteiger partial charge in [-0.2, -0.15) is 0 Å². The maximum absolute atomic E-state index is 11.2. The van der Waals surface area contributed by atoms with Gasteiger partial charge in [0, 0.05) is 6.54 Å². The van der Waals surface area contributed by atoms with Gasteiger partial charge in [-0.3, -0.25) is 4.57 Å². The van der Waals surface area contributed by atoms with E-state index in [1.807, 2.05) is 121 Å². The minimum atomic E-state index is -1.28. The van der Waals surface area contributed by atoms with E-state index in [9.17, 15) is 15.3 Å². The Bertz CT molecular complexity index is 1760. The first kappa shape index (κ1) is 28.9. The molecule has 0 unspecified atom stereocenters. The predicted molar refractivity (Wildman–Crippen MR) is 167 cm³/mol. The summed E-state index contributed by atoms with van der Waals surface area (Å²) in [5, 5.41) is 33.7. The predicted octanol–water partition coefficient (Wildman–Crippen LogP) is 3.23. The zero-order chi connectivity index (χ0) is 30.8. The van der Waals surface area contributed by atoms with Crippen LogP contribution in [0.1, 0.15) is 28.5 Å². The van der Waals surface area contributed by atoms with Gasteiger partial charge in [0.05, 0.1) is 12.9 Å². The summed E-state index contributed by atoms with van der Waals surface area (Å²) < 4.78 is 14.7. The summed E-state index contributed by atoms with van der Waals surface area (Å²) in [4.78, 5) is 10.8. The van der Waals surface area contributed by atoms with E-state index in [2.05, 4.69) is 9.98 Å². The topological polar surface area (TPSA) is 113 Å². The molecule has 1 aromatic heterocycles. The lowest BCUT2D eigenvalue weighted by molar-refractivity contribution is -0.0957. The van der Waals surface area contributed by atoms with Gasteiger partial charge in [0.15, 0.2) is 17.1 Å². The average molecular weight is 603 g/mol. The van der Waals surface area contributed by atoms with Crippen LogP contribution < -0.4 is 10.8 Å². The molecule has 7 rings (SSSR count). The molecule has 9 nitrogen and oxygen atoms in total. The summed E-state index contributed by atoms with van der Waals surface area (Å²) in [6, 6.07) is 39.6. The zero-order valence-corrected chi connectivity index (χ0v) is 24.5. The lowest BCUT2D eigenvalue weighted by Gasteiger charge is -2.37. The Morgan fingerprint density at radius 2 is 1.29 bits per heavy atom. The lowest BCUT2D eigenvalue weighted by Crippen LogP contribution is -2.44. The van der Waals surface area contributed by atoms with Crippen molar-refractivity contribution < 1.29 is 24.8 Å². The van der Waals surface area contributed by atoms with Crippen molar-refractivity contribution in [2.45, 2.75) is 36.7 Å². The highest BCUT2D eigenvalue weighted by molar-refractivity contribution is 5.47. The number of aliphatic hydroxyl groups is 3. The standard InChI is InChI=1S/C36H34N4O5/c41-31-29(22-44-36(26-15-7-2-8-16-26,27-17-9-3-10-18-27)28-19-11-4-12-20-28)45-35(32(31)42)40-24-37-30-33(40)38-23-39(34(30)43)21-25-13-5-1-6-14-25/h1-20,24,29,31-32,35,41-43H,21-23H2/t29-,31-,32-,35-/m1/s1.